The third kappa shape index (κ3) is 22.9. The van der Waals surface area contributed by atoms with Gasteiger partial charge in [0.15, 0.2) is 0 Å². The normalized spacial score (nSPS) is 17.2. The molecular formula is C59H99N9O14. The average molecular weight is 1160 g/mol. The van der Waals surface area contributed by atoms with Crippen LogP contribution in [0, 0.1) is 29.1 Å². The molecule has 11 atom stereocenters. The molecule has 1 aromatic rings. The highest BCUT2D eigenvalue weighted by Gasteiger charge is 2.44. The van der Waals surface area contributed by atoms with Gasteiger partial charge in [-0.3, -0.25) is 43.3 Å². The number of rotatable bonds is 35. The van der Waals surface area contributed by atoms with Gasteiger partial charge in [0.05, 0.1) is 49.3 Å². The van der Waals surface area contributed by atoms with Gasteiger partial charge in [-0.15, -0.1) is 0 Å². The Morgan fingerprint density at radius 1 is 0.756 bits per heavy atom. The third-order valence-electron chi connectivity index (χ3n) is 15.1. The minimum absolute atomic E-state index is 0.00244. The van der Waals surface area contributed by atoms with Crippen molar-refractivity contribution in [2.45, 2.75) is 188 Å². The summed E-state index contributed by atoms with van der Waals surface area (Å²) >= 11 is 0. The highest BCUT2D eigenvalue weighted by Crippen LogP contribution is 2.30. The number of carboxylic acid groups (broad SMARTS) is 1. The number of nitrogens with zero attached hydrogens (tertiary/aromatic N) is 3. The first-order chi connectivity index (χ1) is 38.4. The highest BCUT2D eigenvalue weighted by atomic mass is 16.5. The van der Waals surface area contributed by atoms with Crippen LogP contribution in [-0.2, 0) is 68.6 Å². The zero-order valence-electron chi connectivity index (χ0n) is 51.7. The van der Waals surface area contributed by atoms with E-state index in [4.69, 9.17) is 14.2 Å². The summed E-state index contributed by atoms with van der Waals surface area (Å²) in [6, 6.07) is 3.31. The fraction of sp³-hybridized carbons (Fsp3) is 0.729. The Morgan fingerprint density at radius 2 is 1.39 bits per heavy atom. The second kappa shape index (κ2) is 35.1. The molecule has 1 aliphatic rings. The lowest BCUT2D eigenvalue weighted by molar-refractivity contribution is -0.148. The van der Waals surface area contributed by atoms with Gasteiger partial charge >= 0.3 is 11.9 Å². The van der Waals surface area contributed by atoms with Gasteiger partial charge < -0.3 is 61.0 Å². The molecule has 7 N–H and O–H groups in total. The molecule has 0 spiro atoms. The first kappa shape index (κ1) is 71.9. The fourth-order valence-corrected chi connectivity index (χ4v) is 10.2. The van der Waals surface area contributed by atoms with Crippen molar-refractivity contribution in [3.05, 3.63) is 35.9 Å². The van der Waals surface area contributed by atoms with Crippen LogP contribution < -0.4 is 31.9 Å². The molecule has 1 fully saturated rings. The third-order valence-corrected chi connectivity index (χ3v) is 15.1. The van der Waals surface area contributed by atoms with E-state index in [2.05, 4.69) is 31.9 Å². The smallest absolute Gasteiger partial charge is 0.328 e. The van der Waals surface area contributed by atoms with Gasteiger partial charge in [0.2, 0.25) is 47.3 Å². The summed E-state index contributed by atoms with van der Waals surface area (Å²) in [6.45, 7) is 20.3. The zero-order chi connectivity index (χ0) is 62.2. The van der Waals surface area contributed by atoms with Crippen LogP contribution in [0.4, 0.5) is 0 Å². The summed E-state index contributed by atoms with van der Waals surface area (Å²) in [5, 5.41) is 25.8. The van der Waals surface area contributed by atoms with Crippen molar-refractivity contribution in [2.75, 3.05) is 61.6 Å². The fourth-order valence-electron chi connectivity index (χ4n) is 10.2. The van der Waals surface area contributed by atoms with Crippen LogP contribution in [0.15, 0.2) is 30.3 Å². The number of esters is 1. The molecule has 1 aromatic carbocycles. The van der Waals surface area contributed by atoms with E-state index in [0.717, 1.165) is 5.56 Å². The first-order valence-electron chi connectivity index (χ1n) is 28.9. The predicted octanol–water partition coefficient (Wildman–Crippen LogP) is 2.82. The standard InChI is InChI=1S/C59H99N9O14/c1-17-37(6)50(67(14)55(75)48(35(2)3)65-54(74)49(36(4)5)66(12)13)44(80-15)34-47(71)68-31-21-25-43(68)51(81-16)38(7)52(72)64-42(33-40-23-19-18-20-24-40)53(73)60-29-22-32-82-57(78)39(8)62-45(69)27-26-41(56(76)77)63-46(70)28-30-61-58(79)59(9,10)11/h18-20,23-24,35-39,41-44,48-51H,17,21-22,25-34H2,1-16H3,(H,60,73)(H,61,79)(H,62,69)(H,63,70)(H,64,72)(H,65,74)(H,76,77)/t37-,38+,39-,41-,42-,43-,44?,48-,49-,50-,51+/m0/s1. The Hall–Kier alpha value is -6.20. The molecule has 1 saturated heterocycles. The molecule has 1 aliphatic heterocycles. The topological polar surface area (TPSA) is 301 Å². The molecule has 1 unspecified atom stereocenters. The number of carbonyl (C=O) groups excluding carboxylic acids is 9. The largest absolute Gasteiger partial charge is 0.480 e. The van der Waals surface area contributed by atoms with Crippen LogP contribution in [-0.4, -0.2) is 195 Å². The van der Waals surface area contributed by atoms with Gasteiger partial charge in [-0.2, -0.15) is 0 Å². The maximum absolute atomic E-state index is 14.5. The van der Waals surface area contributed by atoms with E-state index in [0.29, 0.717) is 25.8 Å². The number of hydrogen-bond acceptors (Lipinski definition) is 14. The van der Waals surface area contributed by atoms with E-state index in [1.54, 1.807) is 44.5 Å². The first-order valence-corrected chi connectivity index (χ1v) is 28.9. The zero-order valence-corrected chi connectivity index (χ0v) is 51.7. The molecule has 464 valence electrons. The monoisotopic (exact) mass is 1160 g/mol. The van der Waals surface area contributed by atoms with Crippen LogP contribution in [0.3, 0.4) is 0 Å². The summed E-state index contributed by atoms with van der Waals surface area (Å²) in [7, 11) is 8.36. The van der Waals surface area contributed by atoms with Crippen LogP contribution in [0.25, 0.3) is 0 Å². The molecule has 82 heavy (non-hydrogen) atoms. The second-order valence-electron chi connectivity index (χ2n) is 23.6. The number of methoxy groups -OCH3 is 2. The van der Waals surface area contributed by atoms with Gasteiger partial charge in [0.1, 0.15) is 24.2 Å². The second-order valence-corrected chi connectivity index (χ2v) is 23.6. The summed E-state index contributed by atoms with van der Waals surface area (Å²) in [5.74, 6) is -6.57. The molecule has 23 heteroatoms. The van der Waals surface area contributed by atoms with Crippen LogP contribution >= 0.6 is 0 Å². The van der Waals surface area contributed by atoms with Gasteiger partial charge in [0.25, 0.3) is 0 Å². The maximum Gasteiger partial charge on any atom is 0.328 e. The molecule has 0 aliphatic carbocycles. The van der Waals surface area contributed by atoms with Crippen molar-refractivity contribution in [2.24, 2.45) is 29.1 Å². The average Bonchev–Trinajstić information content (AvgIpc) is 4.09. The van der Waals surface area contributed by atoms with Crippen molar-refractivity contribution in [3.8, 4) is 0 Å². The summed E-state index contributed by atoms with van der Waals surface area (Å²) < 4.78 is 17.4. The molecule has 0 radical (unpaired) electrons. The number of ether oxygens (including phenoxy) is 3. The van der Waals surface area contributed by atoms with Crippen molar-refractivity contribution < 1.29 is 67.3 Å². The number of likely N-dealkylation sites (tertiary alicyclic amines) is 1. The lowest BCUT2D eigenvalue weighted by Crippen LogP contribution is -2.59. The van der Waals surface area contributed by atoms with E-state index < -0.39 is 101 Å². The predicted molar refractivity (Wildman–Crippen MR) is 309 cm³/mol. The van der Waals surface area contributed by atoms with Gasteiger partial charge in [0, 0.05) is 65.6 Å². The Morgan fingerprint density at radius 3 is 1.94 bits per heavy atom. The number of amides is 8. The van der Waals surface area contributed by atoms with E-state index in [9.17, 15) is 53.1 Å². The molecule has 23 nitrogen and oxygen atoms in total. The molecule has 8 amide bonds. The molecule has 1 heterocycles. The van der Waals surface area contributed by atoms with Gasteiger partial charge in [-0.1, -0.05) is 106 Å². The molecule has 2 rings (SSSR count). The van der Waals surface area contributed by atoms with Gasteiger partial charge in [-0.25, -0.2) is 9.59 Å². The Labute approximate surface area is 486 Å². The quantitative estimate of drug-likeness (QED) is 0.0380. The van der Waals surface area contributed by atoms with Crippen LogP contribution in [0.1, 0.15) is 133 Å². The summed E-state index contributed by atoms with van der Waals surface area (Å²) in [4.78, 5) is 137. The molecular weight excluding hydrogens is 1060 g/mol. The number of benzene rings is 1. The SMILES string of the molecule is CC[C@H](C)[C@@H](C(CC(=O)N1CCC[C@H]1[C@H](OC)[C@@H](C)C(=O)N[C@@H](Cc1ccccc1)C(=O)NCCCOC(=O)[C@H](C)NC(=O)CC[C@H](NC(=O)CCNC(=O)C(C)(C)C)C(=O)O)OC)N(C)C(=O)[C@@H](NC(=O)[C@H](C(C)C)N(C)C)C(C)C. The maximum atomic E-state index is 14.5. The molecule has 0 aromatic heterocycles. The van der Waals surface area contributed by atoms with Gasteiger partial charge in [-0.05, 0) is 70.0 Å². The lowest BCUT2D eigenvalue weighted by Gasteiger charge is -2.41. The van der Waals surface area contributed by atoms with Crippen LogP contribution in [0.5, 0.6) is 0 Å². The number of carboxylic acids is 1. The number of aliphatic carboxylic acids is 1. The van der Waals surface area contributed by atoms with E-state index >= 15 is 0 Å². The molecule has 0 saturated carbocycles. The van der Waals surface area contributed by atoms with Crippen molar-refractivity contribution >= 4 is 59.2 Å². The lowest BCUT2D eigenvalue weighted by atomic mass is 9.89. The molecule has 0 bridgehead atoms. The van der Waals surface area contributed by atoms with Crippen molar-refractivity contribution in [3.63, 3.8) is 0 Å². The highest BCUT2D eigenvalue weighted by molar-refractivity contribution is 5.91. The Kier molecular flexibility index (Phi) is 30.7. The number of nitrogens with one attached hydrogen (secondary N) is 6. The van der Waals surface area contributed by atoms with Crippen molar-refractivity contribution in [1.29, 1.82) is 0 Å². The van der Waals surface area contributed by atoms with E-state index in [1.807, 2.05) is 90.9 Å². The Bertz CT molecular complexity index is 2250. The Balaban J connectivity index is 2.09. The summed E-state index contributed by atoms with van der Waals surface area (Å²) in [5.41, 5.74) is 0.116. The van der Waals surface area contributed by atoms with Crippen LogP contribution in [0.2, 0.25) is 0 Å². The number of likely N-dealkylation sites (N-methyl/N-ethyl adjacent to an activating group) is 2. The van der Waals surface area contributed by atoms with E-state index in [-0.39, 0.29) is 99.6 Å². The summed E-state index contributed by atoms with van der Waals surface area (Å²) in [6.07, 6.45) is -0.107. The number of carbonyl (C=O) groups is 10. The van der Waals surface area contributed by atoms with E-state index in [1.165, 1.54) is 21.1 Å². The van der Waals surface area contributed by atoms with Crippen molar-refractivity contribution in [1.82, 2.24) is 46.6 Å². The number of hydrogen-bond donors (Lipinski definition) is 7. The minimum atomic E-state index is -1.38. The minimum Gasteiger partial charge on any atom is -0.480 e.